The quantitative estimate of drug-likeness (QED) is 0.725. The Morgan fingerprint density at radius 1 is 1.42 bits per heavy atom. The minimum absolute atomic E-state index is 0.147. The molecule has 0 atom stereocenters. The standard InChI is InChI=1S/C14H17N3O2/c1-14(2,8-18)17-13(19)12-11-7-10(15)4-3-9(11)5-6-16-12/h3-7,18H,8,15H2,1-2H3,(H,17,19). The summed E-state index contributed by atoms with van der Waals surface area (Å²) in [7, 11) is 0. The number of nitrogen functional groups attached to an aromatic ring is 1. The zero-order valence-corrected chi connectivity index (χ0v) is 11.0. The monoisotopic (exact) mass is 259 g/mol. The van der Waals surface area contributed by atoms with Gasteiger partial charge in [0.1, 0.15) is 5.69 Å². The molecule has 0 aliphatic heterocycles. The average Bonchev–Trinajstić information content (AvgIpc) is 2.37. The van der Waals surface area contributed by atoms with Crippen LogP contribution in [0.5, 0.6) is 0 Å². The van der Waals surface area contributed by atoms with E-state index in [9.17, 15) is 9.90 Å². The minimum atomic E-state index is -0.693. The lowest BCUT2D eigenvalue weighted by molar-refractivity contribution is 0.0866. The molecule has 5 heteroatoms. The molecule has 5 nitrogen and oxygen atoms in total. The topological polar surface area (TPSA) is 88.2 Å². The zero-order chi connectivity index (χ0) is 14.0. The van der Waals surface area contributed by atoms with Gasteiger partial charge in [-0.05, 0) is 37.4 Å². The van der Waals surface area contributed by atoms with E-state index >= 15 is 0 Å². The summed E-state index contributed by atoms with van der Waals surface area (Å²) in [6, 6.07) is 7.17. The second-order valence-electron chi connectivity index (χ2n) is 5.14. The molecular weight excluding hydrogens is 242 g/mol. The predicted octanol–water partition coefficient (Wildman–Crippen LogP) is 1.32. The van der Waals surface area contributed by atoms with E-state index in [1.807, 2.05) is 12.1 Å². The van der Waals surface area contributed by atoms with E-state index in [1.165, 1.54) is 0 Å². The molecule has 1 heterocycles. The Kier molecular flexibility index (Phi) is 3.40. The maximum absolute atomic E-state index is 12.2. The molecule has 0 aliphatic carbocycles. The Labute approximate surface area is 111 Å². The zero-order valence-electron chi connectivity index (χ0n) is 11.0. The Bertz CT molecular complexity index is 623. The minimum Gasteiger partial charge on any atom is -0.399 e. The number of aliphatic hydroxyl groups is 1. The smallest absolute Gasteiger partial charge is 0.271 e. The molecule has 0 fully saturated rings. The van der Waals surface area contributed by atoms with Crippen molar-refractivity contribution in [3.63, 3.8) is 0 Å². The van der Waals surface area contributed by atoms with Crippen LogP contribution in [0, 0.1) is 0 Å². The summed E-state index contributed by atoms with van der Waals surface area (Å²) in [5, 5.41) is 13.5. The van der Waals surface area contributed by atoms with Crippen LogP contribution in [0.2, 0.25) is 0 Å². The van der Waals surface area contributed by atoms with Gasteiger partial charge in [-0.3, -0.25) is 9.78 Å². The van der Waals surface area contributed by atoms with Crippen molar-refractivity contribution >= 4 is 22.4 Å². The first-order valence-electron chi connectivity index (χ1n) is 6.00. The lowest BCUT2D eigenvalue weighted by atomic mass is 10.1. The second kappa shape index (κ2) is 4.85. The Balaban J connectivity index is 2.45. The number of benzene rings is 1. The molecule has 100 valence electrons. The van der Waals surface area contributed by atoms with Crippen LogP contribution in [0.25, 0.3) is 10.8 Å². The Hall–Kier alpha value is -2.14. The van der Waals surface area contributed by atoms with Gasteiger partial charge < -0.3 is 16.2 Å². The van der Waals surface area contributed by atoms with Crippen molar-refractivity contribution in [2.24, 2.45) is 0 Å². The van der Waals surface area contributed by atoms with Gasteiger partial charge in [-0.25, -0.2) is 0 Å². The summed E-state index contributed by atoms with van der Waals surface area (Å²) >= 11 is 0. The number of rotatable bonds is 3. The first kappa shape index (κ1) is 13.3. The third-order valence-electron chi connectivity index (χ3n) is 2.85. The molecule has 0 aliphatic rings. The lowest BCUT2D eigenvalue weighted by Crippen LogP contribution is -2.46. The highest BCUT2D eigenvalue weighted by atomic mass is 16.3. The predicted molar refractivity (Wildman–Crippen MR) is 74.8 cm³/mol. The van der Waals surface area contributed by atoms with Gasteiger partial charge >= 0.3 is 0 Å². The largest absolute Gasteiger partial charge is 0.399 e. The number of amides is 1. The molecule has 1 amide bonds. The molecule has 0 spiro atoms. The number of pyridine rings is 1. The van der Waals surface area contributed by atoms with Gasteiger partial charge in [-0.1, -0.05) is 6.07 Å². The summed E-state index contributed by atoms with van der Waals surface area (Å²) < 4.78 is 0. The SMILES string of the molecule is CC(C)(CO)NC(=O)c1nccc2ccc(N)cc12. The fraction of sp³-hybridized carbons (Fsp3) is 0.286. The van der Waals surface area contributed by atoms with E-state index in [-0.39, 0.29) is 12.5 Å². The van der Waals surface area contributed by atoms with Crippen LogP contribution in [0.1, 0.15) is 24.3 Å². The van der Waals surface area contributed by atoms with Crippen LogP contribution in [0.3, 0.4) is 0 Å². The summed E-state index contributed by atoms with van der Waals surface area (Å²) in [5.41, 5.74) is 5.94. The van der Waals surface area contributed by atoms with E-state index in [0.717, 1.165) is 5.39 Å². The molecule has 2 rings (SSSR count). The highest BCUT2D eigenvalue weighted by Crippen LogP contribution is 2.20. The highest BCUT2D eigenvalue weighted by molar-refractivity contribution is 6.06. The average molecular weight is 259 g/mol. The van der Waals surface area contributed by atoms with Crippen molar-refractivity contribution in [2.75, 3.05) is 12.3 Å². The van der Waals surface area contributed by atoms with Crippen molar-refractivity contribution in [3.8, 4) is 0 Å². The first-order valence-corrected chi connectivity index (χ1v) is 6.00. The number of anilines is 1. The molecule has 1 aromatic carbocycles. The molecule has 0 saturated heterocycles. The highest BCUT2D eigenvalue weighted by Gasteiger charge is 2.22. The third-order valence-corrected chi connectivity index (χ3v) is 2.85. The number of hydrogen-bond donors (Lipinski definition) is 3. The van der Waals surface area contributed by atoms with E-state index < -0.39 is 5.54 Å². The lowest BCUT2D eigenvalue weighted by Gasteiger charge is -2.23. The summed E-state index contributed by atoms with van der Waals surface area (Å²) in [4.78, 5) is 16.3. The molecule has 0 radical (unpaired) electrons. The number of fused-ring (bicyclic) bond motifs is 1. The molecule has 1 aromatic heterocycles. The van der Waals surface area contributed by atoms with E-state index in [1.54, 1.807) is 32.2 Å². The second-order valence-corrected chi connectivity index (χ2v) is 5.14. The molecular formula is C14H17N3O2. The summed E-state index contributed by atoms with van der Waals surface area (Å²) in [6.45, 7) is 3.33. The van der Waals surface area contributed by atoms with E-state index in [0.29, 0.717) is 16.8 Å². The van der Waals surface area contributed by atoms with Crippen molar-refractivity contribution in [2.45, 2.75) is 19.4 Å². The summed E-state index contributed by atoms with van der Waals surface area (Å²) in [6.07, 6.45) is 1.58. The fourth-order valence-corrected chi connectivity index (χ4v) is 1.77. The van der Waals surface area contributed by atoms with Crippen molar-refractivity contribution < 1.29 is 9.90 Å². The van der Waals surface area contributed by atoms with Gasteiger partial charge in [0.25, 0.3) is 5.91 Å². The summed E-state index contributed by atoms with van der Waals surface area (Å²) in [5.74, 6) is -0.324. The number of carbonyl (C=O) groups is 1. The van der Waals surface area contributed by atoms with Crippen molar-refractivity contribution in [1.82, 2.24) is 10.3 Å². The van der Waals surface area contributed by atoms with Crippen molar-refractivity contribution in [1.29, 1.82) is 0 Å². The Morgan fingerprint density at radius 3 is 2.84 bits per heavy atom. The van der Waals surface area contributed by atoms with Gasteiger partial charge in [-0.15, -0.1) is 0 Å². The molecule has 2 aromatic rings. The number of hydrogen-bond acceptors (Lipinski definition) is 4. The molecule has 0 saturated carbocycles. The van der Waals surface area contributed by atoms with Crippen LogP contribution in [-0.2, 0) is 0 Å². The number of nitrogens with two attached hydrogens (primary N) is 1. The maximum atomic E-state index is 12.2. The van der Waals surface area contributed by atoms with Crippen molar-refractivity contribution in [3.05, 3.63) is 36.2 Å². The molecule has 0 bridgehead atoms. The third kappa shape index (κ3) is 2.82. The van der Waals surface area contributed by atoms with Crippen LogP contribution >= 0.6 is 0 Å². The number of aromatic nitrogens is 1. The van der Waals surface area contributed by atoms with Crippen LogP contribution in [0.15, 0.2) is 30.5 Å². The number of nitrogens with zero attached hydrogens (tertiary/aromatic N) is 1. The van der Waals surface area contributed by atoms with Gasteiger partial charge in [0.2, 0.25) is 0 Å². The normalized spacial score (nSPS) is 11.5. The molecule has 19 heavy (non-hydrogen) atoms. The van der Waals surface area contributed by atoms with E-state index in [4.69, 9.17) is 5.73 Å². The van der Waals surface area contributed by atoms with Gasteiger partial charge in [0.05, 0.1) is 12.1 Å². The van der Waals surface area contributed by atoms with Crippen LogP contribution in [0.4, 0.5) is 5.69 Å². The van der Waals surface area contributed by atoms with Gasteiger partial charge in [-0.2, -0.15) is 0 Å². The number of nitrogens with one attached hydrogen (secondary N) is 1. The van der Waals surface area contributed by atoms with Gasteiger partial charge in [0, 0.05) is 17.3 Å². The number of carbonyl (C=O) groups excluding carboxylic acids is 1. The fourth-order valence-electron chi connectivity index (χ4n) is 1.77. The Morgan fingerprint density at radius 2 is 2.16 bits per heavy atom. The first-order chi connectivity index (χ1) is 8.93. The molecule has 4 N–H and O–H groups in total. The van der Waals surface area contributed by atoms with Gasteiger partial charge in [0.15, 0.2) is 0 Å². The van der Waals surface area contributed by atoms with Crippen LogP contribution in [-0.4, -0.2) is 28.1 Å². The molecule has 0 unspecified atom stereocenters. The van der Waals surface area contributed by atoms with Crippen LogP contribution < -0.4 is 11.1 Å². The van der Waals surface area contributed by atoms with E-state index in [2.05, 4.69) is 10.3 Å². The maximum Gasteiger partial charge on any atom is 0.271 e. The number of aliphatic hydroxyl groups excluding tert-OH is 1.